The van der Waals surface area contributed by atoms with Gasteiger partial charge in [-0.15, -0.1) is 11.3 Å². The van der Waals surface area contributed by atoms with Crippen molar-refractivity contribution in [3.05, 3.63) is 14.7 Å². The third-order valence-corrected chi connectivity index (χ3v) is 8.01. The number of halogens is 2. The van der Waals surface area contributed by atoms with Crippen molar-refractivity contribution in [2.75, 3.05) is 5.33 Å². The molecule has 0 atom stereocenters. The number of alkyl halides is 1. The predicted molar refractivity (Wildman–Crippen MR) is 86.7 cm³/mol. The number of nitrogens with one attached hydrogen (secondary N) is 1. The Morgan fingerprint density at radius 3 is 2.47 bits per heavy atom. The van der Waals surface area contributed by atoms with Crippen molar-refractivity contribution in [2.24, 2.45) is 0 Å². The van der Waals surface area contributed by atoms with Crippen LogP contribution >= 0.6 is 43.2 Å². The molecule has 1 aromatic rings. The molecule has 0 aromatic carbocycles. The summed E-state index contributed by atoms with van der Waals surface area (Å²) in [4.78, 5) is 1.22. The Morgan fingerprint density at radius 1 is 1.37 bits per heavy atom. The van der Waals surface area contributed by atoms with Crippen LogP contribution in [0.25, 0.3) is 0 Å². The molecule has 1 aromatic heterocycles. The molecule has 2 rings (SSSR count). The average molecular weight is 431 g/mol. The van der Waals surface area contributed by atoms with Gasteiger partial charge >= 0.3 is 0 Å². The molecule has 0 radical (unpaired) electrons. The largest absolute Gasteiger partial charge is 0.242 e. The molecule has 7 heteroatoms. The average Bonchev–Trinajstić information content (AvgIpc) is 2.70. The topological polar surface area (TPSA) is 46.2 Å². The van der Waals surface area contributed by atoms with Gasteiger partial charge in [-0.1, -0.05) is 35.2 Å². The van der Waals surface area contributed by atoms with Gasteiger partial charge in [-0.3, -0.25) is 0 Å². The van der Waals surface area contributed by atoms with Crippen LogP contribution in [0.5, 0.6) is 0 Å². The maximum Gasteiger partial charge on any atom is 0.242 e. The Balaban J connectivity index is 2.27. The summed E-state index contributed by atoms with van der Waals surface area (Å²) in [6.45, 7) is 1.84. The zero-order valence-electron chi connectivity index (χ0n) is 10.7. The van der Waals surface area contributed by atoms with Crippen LogP contribution in [0.2, 0.25) is 0 Å². The lowest BCUT2D eigenvalue weighted by molar-refractivity contribution is 0.301. The zero-order chi connectivity index (χ0) is 14.1. The van der Waals surface area contributed by atoms with Crippen molar-refractivity contribution in [2.45, 2.75) is 49.5 Å². The van der Waals surface area contributed by atoms with Gasteiger partial charge in [0.2, 0.25) is 10.0 Å². The maximum absolute atomic E-state index is 12.6. The Bertz CT molecular complexity index is 548. The normalized spacial score (nSPS) is 19.5. The van der Waals surface area contributed by atoms with Crippen LogP contribution in [0.15, 0.2) is 14.7 Å². The first-order valence-electron chi connectivity index (χ1n) is 6.24. The lowest BCUT2D eigenvalue weighted by Gasteiger charge is -2.36. The van der Waals surface area contributed by atoms with Crippen molar-refractivity contribution < 1.29 is 8.42 Å². The number of sulfonamides is 1. The standard InChI is InChI=1S/C12H17Br2NO2S2/c1-9-10(7-11(14)18-9)19(16,17)15-12(8-13)5-3-2-4-6-12/h7,15H,2-6,8H2,1H3. The van der Waals surface area contributed by atoms with Gasteiger partial charge in [0.05, 0.1) is 8.68 Å². The van der Waals surface area contributed by atoms with Crippen LogP contribution < -0.4 is 4.72 Å². The molecule has 108 valence electrons. The molecule has 1 fully saturated rings. The van der Waals surface area contributed by atoms with Gasteiger partial charge in [-0.2, -0.15) is 0 Å². The van der Waals surface area contributed by atoms with E-state index >= 15 is 0 Å². The maximum atomic E-state index is 12.6. The minimum Gasteiger partial charge on any atom is -0.207 e. The zero-order valence-corrected chi connectivity index (χ0v) is 15.5. The second-order valence-corrected chi connectivity index (χ2v) is 9.90. The van der Waals surface area contributed by atoms with E-state index in [2.05, 4.69) is 36.6 Å². The molecule has 0 aliphatic heterocycles. The number of thiophene rings is 1. The molecule has 0 amide bonds. The van der Waals surface area contributed by atoms with Gasteiger partial charge in [0.15, 0.2) is 0 Å². The van der Waals surface area contributed by atoms with Crippen LogP contribution in [0.4, 0.5) is 0 Å². The molecule has 3 nitrogen and oxygen atoms in total. The predicted octanol–water partition coefficient (Wildman–Crippen LogP) is 4.20. The summed E-state index contributed by atoms with van der Waals surface area (Å²) >= 11 is 8.28. The molecular weight excluding hydrogens is 414 g/mol. The lowest BCUT2D eigenvalue weighted by Crippen LogP contribution is -2.51. The van der Waals surface area contributed by atoms with E-state index in [4.69, 9.17) is 0 Å². The third kappa shape index (κ3) is 3.61. The van der Waals surface area contributed by atoms with Crippen molar-refractivity contribution >= 4 is 53.2 Å². The van der Waals surface area contributed by atoms with E-state index in [1.165, 1.54) is 17.8 Å². The molecule has 0 unspecified atom stereocenters. The van der Waals surface area contributed by atoms with Crippen LogP contribution in [0.3, 0.4) is 0 Å². The SMILES string of the molecule is Cc1sc(Br)cc1S(=O)(=O)NC1(CBr)CCCCC1. The fraction of sp³-hybridized carbons (Fsp3) is 0.667. The summed E-state index contributed by atoms with van der Waals surface area (Å²) in [5.74, 6) is 0. The molecule has 1 aliphatic carbocycles. The fourth-order valence-corrected chi connectivity index (χ4v) is 7.29. The number of rotatable bonds is 4. The van der Waals surface area contributed by atoms with E-state index in [0.717, 1.165) is 34.3 Å². The minimum absolute atomic E-state index is 0.321. The highest BCUT2D eigenvalue weighted by Gasteiger charge is 2.36. The molecule has 0 bridgehead atoms. The van der Waals surface area contributed by atoms with E-state index in [0.29, 0.717) is 10.2 Å². The number of hydrogen-bond donors (Lipinski definition) is 1. The molecule has 1 saturated carbocycles. The smallest absolute Gasteiger partial charge is 0.207 e. The molecule has 1 N–H and O–H groups in total. The van der Waals surface area contributed by atoms with E-state index in [1.807, 2.05) is 6.92 Å². The summed E-state index contributed by atoms with van der Waals surface area (Å²) in [6, 6.07) is 1.69. The second-order valence-electron chi connectivity index (χ2n) is 5.05. The summed E-state index contributed by atoms with van der Waals surface area (Å²) < 4.78 is 28.9. The van der Waals surface area contributed by atoms with E-state index in [9.17, 15) is 8.42 Å². The fourth-order valence-electron chi connectivity index (χ4n) is 2.53. The third-order valence-electron chi connectivity index (χ3n) is 3.55. The number of aryl methyl sites for hydroxylation is 1. The van der Waals surface area contributed by atoms with E-state index < -0.39 is 10.0 Å². The highest BCUT2D eigenvalue weighted by Crippen LogP contribution is 2.34. The van der Waals surface area contributed by atoms with Gasteiger partial charge < -0.3 is 0 Å². The van der Waals surface area contributed by atoms with Crippen LogP contribution in [0, 0.1) is 6.92 Å². The Labute approximate surface area is 135 Å². The van der Waals surface area contributed by atoms with Crippen LogP contribution in [0.1, 0.15) is 37.0 Å². The number of hydrogen-bond acceptors (Lipinski definition) is 3. The highest BCUT2D eigenvalue weighted by molar-refractivity contribution is 9.11. The first kappa shape index (κ1) is 15.9. The van der Waals surface area contributed by atoms with Crippen LogP contribution in [-0.2, 0) is 10.0 Å². The van der Waals surface area contributed by atoms with Gasteiger partial charge in [0.1, 0.15) is 0 Å². The van der Waals surface area contributed by atoms with E-state index in [-0.39, 0.29) is 5.54 Å². The van der Waals surface area contributed by atoms with Gasteiger partial charge in [-0.05, 0) is 41.8 Å². The molecule has 1 aliphatic rings. The van der Waals surface area contributed by atoms with Crippen molar-refractivity contribution in [1.29, 1.82) is 0 Å². The minimum atomic E-state index is -3.44. The first-order chi connectivity index (χ1) is 8.88. The highest BCUT2D eigenvalue weighted by atomic mass is 79.9. The first-order valence-corrected chi connectivity index (χ1v) is 10.5. The summed E-state index contributed by atoms with van der Waals surface area (Å²) in [5.41, 5.74) is -0.321. The monoisotopic (exact) mass is 429 g/mol. The van der Waals surface area contributed by atoms with Crippen LogP contribution in [-0.4, -0.2) is 19.3 Å². The molecule has 0 saturated heterocycles. The molecule has 0 spiro atoms. The molecular formula is C12H17Br2NO2S2. The Morgan fingerprint density at radius 2 is 2.00 bits per heavy atom. The Hall–Kier alpha value is 0.570. The van der Waals surface area contributed by atoms with Crippen molar-refractivity contribution in [3.63, 3.8) is 0 Å². The van der Waals surface area contributed by atoms with Gasteiger partial charge in [-0.25, -0.2) is 13.1 Å². The summed E-state index contributed by atoms with van der Waals surface area (Å²) in [5, 5.41) is 0.670. The van der Waals surface area contributed by atoms with Crippen molar-refractivity contribution in [1.82, 2.24) is 4.72 Å². The van der Waals surface area contributed by atoms with E-state index in [1.54, 1.807) is 6.07 Å². The summed E-state index contributed by atoms with van der Waals surface area (Å²) in [7, 11) is -3.44. The lowest BCUT2D eigenvalue weighted by atomic mass is 9.84. The van der Waals surface area contributed by atoms with Gasteiger partial charge in [0, 0.05) is 15.7 Å². The quantitative estimate of drug-likeness (QED) is 0.727. The second kappa shape index (κ2) is 6.13. The molecule has 1 heterocycles. The molecule has 19 heavy (non-hydrogen) atoms. The van der Waals surface area contributed by atoms with Gasteiger partial charge in [0.25, 0.3) is 0 Å². The summed E-state index contributed by atoms with van der Waals surface area (Å²) in [6.07, 6.45) is 5.17. The van der Waals surface area contributed by atoms with Crippen molar-refractivity contribution in [3.8, 4) is 0 Å². The Kier molecular flexibility index (Phi) is 5.15.